The van der Waals surface area contributed by atoms with E-state index in [1.807, 2.05) is 43.3 Å². The summed E-state index contributed by atoms with van der Waals surface area (Å²) in [4.78, 5) is 12.9. The Morgan fingerprint density at radius 3 is 2.46 bits per heavy atom. The minimum atomic E-state index is 0.00740. The smallest absolute Gasteiger partial charge is 0.192 e. The number of carbonyl (C=O) groups is 1. The van der Waals surface area contributed by atoms with Gasteiger partial charge in [-0.1, -0.05) is 12.1 Å². The highest BCUT2D eigenvalue weighted by Crippen LogP contribution is 2.31. The van der Waals surface area contributed by atoms with Crippen LogP contribution >= 0.6 is 0 Å². The lowest BCUT2D eigenvalue weighted by atomic mass is 9.97. The fraction of sp³-hybridized carbons (Fsp3) is 0.250. The van der Waals surface area contributed by atoms with Crippen LogP contribution in [0, 0.1) is 6.92 Å². The zero-order chi connectivity index (χ0) is 17.1. The number of carbonyl (C=O) groups excluding carboxylic acids is 1. The predicted molar refractivity (Wildman–Crippen MR) is 93.1 cm³/mol. The van der Waals surface area contributed by atoms with Crippen LogP contribution in [-0.2, 0) is 0 Å². The van der Waals surface area contributed by atoms with Gasteiger partial charge in [-0.3, -0.25) is 4.79 Å². The van der Waals surface area contributed by atoms with E-state index >= 15 is 0 Å². The number of ketones is 1. The van der Waals surface area contributed by atoms with Crippen molar-refractivity contribution in [1.82, 2.24) is 0 Å². The Morgan fingerprint density at radius 1 is 1.08 bits per heavy atom. The first kappa shape index (κ1) is 16.1. The number of ether oxygens (including phenoxy) is 3. The van der Waals surface area contributed by atoms with Crippen molar-refractivity contribution in [3.8, 4) is 17.2 Å². The van der Waals surface area contributed by atoms with E-state index in [1.165, 1.54) is 0 Å². The van der Waals surface area contributed by atoms with E-state index < -0.39 is 0 Å². The van der Waals surface area contributed by atoms with Gasteiger partial charge >= 0.3 is 0 Å². The molecule has 24 heavy (non-hydrogen) atoms. The van der Waals surface area contributed by atoms with E-state index in [1.54, 1.807) is 20.3 Å². The SMILES string of the molecule is COc1cc(/C=C2\CCOc3c(C)cccc3C2=O)cc(OC)c1. The van der Waals surface area contributed by atoms with E-state index in [0.717, 1.165) is 16.7 Å². The Morgan fingerprint density at radius 2 is 1.79 bits per heavy atom. The van der Waals surface area contributed by atoms with Gasteiger partial charge in [-0.05, 0) is 42.3 Å². The highest BCUT2D eigenvalue weighted by Gasteiger charge is 2.22. The Hall–Kier alpha value is -2.75. The van der Waals surface area contributed by atoms with Crippen molar-refractivity contribution in [2.24, 2.45) is 0 Å². The summed E-state index contributed by atoms with van der Waals surface area (Å²) < 4.78 is 16.4. The zero-order valence-corrected chi connectivity index (χ0v) is 14.1. The van der Waals surface area contributed by atoms with Crippen molar-refractivity contribution in [2.45, 2.75) is 13.3 Å². The molecule has 0 aromatic heterocycles. The first-order valence-corrected chi connectivity index (χ1v) is 7.83. The Bertz CT molecular complexity index is 783. The number of fused-ring (bicyclic) bond motifs is 1. The van der Waals surface area contributed by atoms with Crippen LogP contribution < -0.4 is 14.2 Å². The summed E-state index contributed by atoms with van der Waals surface area (Å²) in [5.74, 6) is 2.08. The summed E-state index contributed by atoms with van der Waals surface area (Å²) in [6, 6.07) is 11.2. The van der Waals surface area contributed by atoms with Crippen LogP contribution in [0.5, 0.6) is 17.2 Å². The van der Waals surface area contributed by atoms with Crippen molar-refractivity contribution < 1.29 is 19.0 Å². The highest BCUT2D eigenvalue weighted by atomic mass is 16.5. The summed E-state index contributed by atoms with van der Waals surface area (Å²) >= 11 is 0. The number of rotatable bonds is 3. The molecule has 0 saturated heterocycles. The fourth-order valence-corrected chi connectivity index (χ4v) is 2.82. The molecule has 0 radical (unpaired) electrons. The third-order valence-electron chi connectivity index (χ3n) is 4.08. The molecule has 0 bridgehead atoms. The Balaban J connectivity index is 2.03. The number of methoxy groups -OCH3 is 2. The molecule has 4 nitrogen and oxygen atoms in total. The van der Waals surface area contributed by atoms with E-state index in [9.17, 15) is 4.79 Å². The van der Waals surface area contributed by atoms with Crippen LogP contribution in [0.3, 0.4) is 0 Å². The number of para-hydroxylation sites is 1. The molecule has 0 atom stereocenters. The molecule has 0 N–H and O–H groups in total. The molecule has 1 aliphatic rings. The molecule has 1 heterocycles. The van der Waals surface area contributed by atoms with Crippen molar-refractivity contribution in [1.29, 1.82) is 0 Å². The summed E-state index contributed by atoms with van der Waals surface area (Å²) in [7, 11) is 3.21. The van der Waals surface area contributed by atoms with Crippen LogP contribution in [0.2, 0.25) is 0 Å². The van der Waals surface area contributed by atoms with Gasteiger partial charge in [0.15, 0.2) is 5.78 Å². The van der Waals surface area contributed by atoms with Crippen molar-refractivity contribution in [3.63, 3.8) is 0 Å². The Kier molecular flexibility index (Phi) is 4.56. The Labute approximate surface area is 141 Å². The maximum absolute atomic E-state index is 12.9. The zero-order valence-electron chi connectivity index (χ0n) is 14.1. The van der Waals surface area contributed by atoms with Gasteiger partial charge in [0.2, 0.25) is 0 Å². The standard InChI is InChI=1S/C20H20O4/c1-13-5-4-6-18-19(21)15(7-8-24-20(13)18)9-14-10-16(22-2)12-17(11-14)23-3/h4-6,9-12H,7-8H2,1-3H3/b15-9+. The molecule has 0 saturated carbocycles. The van der Waals surface area contributed by atoms with E-state index in [2.05, 4.69) is 0 Å². The quantitative estimate of drug-likeness (QED) is 0.799. The first-order valence-electron chi connectivity index (χ1n) is 7.83. The molecule has 0 fully saturated rings. The van der Waals surface area contributed by atoms with Gasteiger partial charge < -0.3 is 14.2 Å². The largest absolute Gasteiger partial charge is 0.497 e. The summed E-state index contributed by atoms with van der Waals surface area (Å²) in [6.45, 7) is 2.43. The molecule has 0 spiro atoms. The van der Waals surface area contributed by atoms with Crippen LogP contribution in [0.4, 0.5) is 0 Å². The van der Waals surface area contributed by atoms with Gasteiger partial charge in [0.1, 0.15) is 17.2 Å². The average molecular weight is 324 g/mol. The average Bonchev–Trinajstić information content (AvgIpc) is 2.75. The van der Waals surface area contributed by atoms with Gasteiger partial charge in [0.25, 0.3) is 0 Å². The topological polar surface area (TPSA) is 44.8 Å². The van der Waals surface area contributed by atoms with E-state index in [4.69, 9.17) is 14.2 Å². The monoisotopic (exact) mass is 324 g/mol. The van der Waals surface area contributed by atoms with Crippen LogP contribution in [0.1, 0.15) is 27.9 Å². The fourth-order valence-electron chi connectivity index (χ4n) is 2.82. The molecule has 0 unspecified atom stereocenters. The van der Waals surface area contributed by atoms with Crippen molar-refractivity contribution >= 4 is 11.9 Å². The molecule has 0 amide bonds. The molecule has 4 heteroatoms. The molecular formula is C20H20O4. The number of aryl methyl sites for hydroxylation is 1. The molecule has 3 rings (SSSR count). The molecular weight excluding hydrogens is 304 g/mol. The van der Waals surface area contributed by atoms with Crippen molar-refractivity contribution in [2.75, 3.05) is 20.8 Å². The lowest BCUT2D eigenvalue weighted by Gasteiger charge is -2.08. The second-order valence-corrected chi connectivity index (χ2v) is 5.69. The summed E-state index contributed by atoms with van der Waals surface area (Å²) in [6.07, 6.45) is 2.45. The maximum Gasteiger partial charge on any atom is 0.192 e. The number of hydrogen-bond acceptors (Lipinski definition) is 4. The van der Waals surface area contributed by atoms with Gasteiger partial charge in [0, 0.05) is 18.1 Å². The number of Topliss-reactive ketones (excluding diaryl/α,β-unsaturated/α-hetero) is 1. The van der Waals surface area contributed by atoms with Crippen LogP contribution in [-0.4, -0.2) is 26.6 Å². The van der Waals surface area contributed by atoms with Gasteiger partial charge in [-0.25, -0.2) is 0 Å². The van der Waals surface area contributed by atoms with E-state index in [0.29, 0.717) is 35.8 Å². The highest BCUT2D eigenvalue weighted by molar-refractivity contribution is 6.13. The van der Waals surface area contributed by atoms with Gasteiger partial charge in [-0.15, -0.1) is 0 Å². The first-order chi connectivity index (χ1) is 11.6. The minimum Gasteiger partial charge on any atom is -0.497 e. The summed E-state index contributed by atoms with van der Waals surface area (Å²) in [5, 5.41) is 0. The summed E-state index contributed by atoms with van der Waals surface area (Å²) in [5.41, 5.74) is 3.18. The second kappa shape index (κ2) is 6.79. The third-order valence-corrected chi connectivity index (χ3v) is 4.08. The van der Waals surface area contributed by atoms with Gasteiger partial charge in [0.05, 0.1) is 26.4 Å². The number of benzene rings is 2. The predicted octanol–water partition coefficient (Wildman–Crippen LogP) is 4.06. The third kappa shape index (κ3) is 3.13. The molecule has 2 aromatic carbocycles. The molecule has 124 valence electrons. The number of hydrogen-bond donors (Lipinski definition) is 0. The lowest BCUT2D eigenvalue weighted by Crippen LogP contribution is -2.02. The molecule has 1 aliphatic heterocycles. The molecule has 2 aromatic rings. The minimum absolute atomic E-state index is 0.00740. The molecule has 0 aliphatic carbocycles. The normalized spacial score (nSPS) is 15.5. The van der Waals surface area contributed by atoms with Crippen LogP contribution in [0.25, 0.3) is 6.08 Å². The van der Waals surface area contributed by atoms with E-state index in [-0.39, 0.29) is 5.78 Å². The second-order valence-electron chi connectivity index (χ2n) is 5.69. The van der Waals surface area contributed by atoms with Gasteiger partial charge in [-0.2, -0.15) is 0 Å². The maximum atomic E-state index is 12.9. The van der Waals surface area contributed by atoms with Crippen LogP contribution in [0.15, 0.2) is 42.0 Å². The lowest BCUT2D eigenvalue weighted by molar-refractivity contribution is 0.103. The van der Waals surface area contributed by atoms with Crippen molar-refractivity contribution in [3.05, 3.63) is 58.7 Å².